The molecule has 80 valence electrons. The average molecular weight is 278 g/mol. The normalized spacial score (nSPS) is 13.1. The van der Waals surface area contributed by atoms with Crippen LogP contribution in [-0.4, -0.2) is 19.3 Å². The summed E-state index contributed by atoms with van der Waals surface area (Å²) in [6.07, 6.45) is 1.94. The summed E-state index contributed by atoms with van der Waals surface area (Å²) in [6, 6.07) is 2.16. The highest BCUT2D eigenvalue weighted by molar-refractivity contribution is 9.10. The van der Waals surface area contributed by atoms with Crippen LogP contribution in [0.5, 0.6) is 0 Å². The van der Waals surface area contributed by atoms with Crippen LogP contribution in [-0.2, 0) is 11.2 Å². The molecule has 4 heteroatoms. The molecule has 1 aromatic heterocycles. The van der Waals surface area contributed by atoms with Gasteiger partial charge in [-0.1, -0.05) is 6.92 Å². The van der Waals surface area contributed by atoms with Gasteiger partial charge in [0.05, 0.1) is 6.61 Å². The second-order valence-corrected chi connectivity index (χ2v) is 5.09. The molecule has 0 spiro atoms. The predicted octanol–water partition coefficient (Wildman–Crippen LogP) is 2.81. The molecule has 0 aliphatic heterocycles. The third-order valence-corrected chi connectivity index (χ3v) is 3.77. The number of ether oxygens (including phenoxy) is 1. The van der Waals surface area contributed by atoms with Crippen molar-refractivity contribution in [2.45, 2.75) is 25.8 Å². The quantitative estimate of drug-likeness (QED) is 0.812. The van der Waals surface area contributed by atoms with E-state index >= 15 is 0 Å². The zero-order valence-corrected chi connectivity index (χ0v) is 10.7. The van der Waals surface area contributed by atoms with Crippen molar-refractivity contribution < 1.29 is 4.74 Å². The minimum absolute atomic E-state index is 0.108. The van der Waals surface area contributed by atoms with Crippen molar-refractivity contribution in [2.24, 2.45) is 5.73 Å². The molecule has 0 amide bonds. The Hall–Kier alpha value is 0.100. The van der Waals surface area contributed by atoms with E-state index < -0.39 is 0 Å². The van der Waals surface area contributed by atoms with Crippen molar-refractivity contribution in [1.29, 1.82) is 0 Å². The van der Waals surface area contributed by atoms with Crippen LogP contribution in [0, 0.1) is 0 Å². The molecule has 0 saturated carbocycles. The lowest BCUT2D eigenvalue weighted by Gasteiger charge is -2.10. The predicted molar refractivity (Wildman–Crippen MR) is 64.8 cm³/mol. The van der Waals surface area contributed by atoms with E-state index in [2.05, 4.69) is 34.3 Å². The first-order valence-corrected chi connectivity index (χ1v) is 6.46. The molecule has 1 aromatic rings. The summed E-state index contributed by atoms with van der Waals surface area (Å²) in [5, 5.41) is 2.07. The van der Waals surface area contributed by atoms with Crippen molar-refractivity contribution >= 4 is 27.3 Å². The fourth-order valence-corrected chi connectivity index (χ4v) is 2.76. The van der Waals surface area contributed by atoms with Gasteiger partial charge in [-0.15, -0.1) is 11.3 Å². The van der Waals surface area contributed by atoms with Gasteiger partial charge in [0.25, 0.3) is 0 Å². The van der Waals surface area contributed by atoms with Gasteiger partial charge in [-0.25, -0.2) is 0 Å². The first-order valence-electron chi connectivity index (χ1n) is 4.79. The second-order valence-electron chi connectivity index (χ2n) is 3.23. The number of nitrogens with two attached hydrogens (primary N) is 1. The molecule has 1 rings (SSSR count). The van der Waals surface area contributed by atoms with Gasteiger partial charge >= 0.3 is 0 Å². The lowest BCUT2D eigenvalue weighted by atomic mass is 10.2. The molecule has 0 fully saturated rings. The van der Waals surface area contributed by atoms with E-state index in [-0.39, 0.29) is 6.04 Å². The van der Waals surface area contributed by atoms with Gasteiger partial charge in [0, 0.05) is 28.4 Å². The van der Waals surface area contributed by atoms with E-state index in [1.807, 2.05) is 0 Å². The number of hydrogen-bond acceptors (Lipinski definition) is 3. The van der Waals surface area contributed by atoms with Crippen molar-refractivity contribution in [3.05, 3.63) is 20.8 Å². The lowest BCUT2D eigenvalue weighted by Crippen LogP contribution is -2.28. The zero-order chi connectivity index (χ0) is 10.4. The lowest BCUT2D eigenvalue weighted by molar-refractivity contribution is 0.121. The summed E-state index contributed by atoms with van der Waals surface area (Å²) in [5.74, 6) is 0. The second kappa shape index (κ2) is 6.56. The molecule has 2 N–H and O–H groups in total. The Morgan fingerprint density at radius 1 is 1.64 bits per heavy atom. The largest absolute Gasteiger partial charge is 0.380 e. The summed E-state index contributed by atoms with van der Waals surface area (Å²) in [5.41, 5.74) is 5.94. The highest BCUT2D eigenvalue weighted by Gasteiger charge is 2.07. The minimum atomic E-state index is 0.108. The number of hydrogen-bond donors (Lipinski definition) is 1. The summed E-state index contributed by atoms with van der Waals surface area (Å²) in [6.45, 7) is 3.55. The molecule has 0 aliphatic rings. The molecule has 0 aliphatic carbocycles. The van der Waals surface area contributed by atoms with E-state index in [0.29, 0.717) is 6.61 Å². The van der Waals surface area contributed by atoms with Crippen LogP contribution in [0.4, 0.5) is 0 Å². The highest BCUT2D eigenvalue weighted by atomic mass is 79.9. The average Bonchev–Trinajstić information content (AvgIpc) is 2.52. The van der Waals surface area contributed by atoms with Gasteiger partial charge in [0.2, 0.25) is 0 Å². The van der Waals surface area contributed by atoms with Gasteiger partial charge in [0.1, 0.15) is 0 Å². The number of rotatable bonds is 6. The first kappa shape index (κ1) is 12.2. The van der Waals surface area contributed by atoms with Crippen LogP contribution < -0.4 is 5.73 Å². The van der Waals surface area contributed by atoms with Crippen LogP contribution >= 0.6 is 27.3 Å². The molecule has 1 atom stereocenters. The first-order chi connectivity index (χ1) is 6.74. The summed E-state index contributed by atoms with van der Waals surface area (Å²) in [7, 11) is 0. The molecular weight excluding hydrogens is 262 g/mol. The monoisotopic (exact) mass is 277 g/mol. The summed E-state index contributed by atoms with van der Waals surface area (Å²) in [4.78, 5) is 1.30. The van der Waals surface area contributed by atoms with E-state index in [1.165, 1.54) is 4.88 Å². The minimum Gasteiger partial charge on any atom is -0.380 e. The molecule has 0 saturated heterocycles. The molecule has 1 unspecified atom stereocenters. The Kier molecular flexibility index (Phi) is 5.70. The zero-order valence-electron chi connectivity index (χ0n) is 8.33. The van der Waals surface area contributed by atoms with E-state index in [4.69, 9.17) is 10.5 Å². The fourth-order valence-electron chi connectivity index (χ4n) is 1.15. The maximum Gasteiger partial charge on any atom is 0.0621 e. The smallest absolute Gasteiger partial charge is 0.0621 e. The maximum absolute atomic E-state index is 5.94. The van der Waals surface area contributed by atoms with Crippen LogP contribution in [0.2, 0.25) is 0 Å². The molecule has 0 bridgehead atoms. The highest BCUT2D eigenvalue weighted by Crippen LogP contribution is 2.23. The standard InChI is InChI=1S/C10H16BrNOS/c1-2-4-13-7-8(12)6-10-9(11)3-5-14-10/h3,5,8H,2,4,6-7,12H2,1H3. The van der Waals surface area contributed by atoms with Crippen molar-refractivity contribution in [2.75, 3.05) is 13.2 Å². The number of halogens is 1. The van der Waals surface area contributed by atoms with Crippen molar-refractivity contribution in [1.82, 2.24) is 0 Å². The van der Waals surface area contributed by atoms with Crippen LogP contribution in [0.25, 0.3) is 0 Å². The van der Waals surface area contributed by atoms with Crippen molar-refractivity contribution in [3.63, 3.8) is 0 Å². The van der Waals surface area contributed by atoms with E-state index in [0.717, 1.165) is 23.9 Å². The molecule has 2 nitrogen and oxygen atoms in total. The van der Waals surface area contributed by atoms with Gasteiger partial charge in [-0.3, -0.25) is 0 Å². The van der Waals surface area contributed by atoms with Gasteiger partial charge < -0.3 is 10.5 Å². The van der Waals surface area contributed by atoms with Gasteiger partial charge in [0.15, 0.2) is 0 Å². The Labute approximate surface area is 97.6 Å². The van der Waals surface area contributed by atoms with Crippen LogP contribution in [0.15, 0.2) is 15.9 Å². The van der Waals surface area contributed by atoms with Crippen molar-refractivity contribution in [3.8, 4) is 0 Å². The molecule has 0 aromatic carbocycles. The third-order valence-electron chi connectivity index (χ3n) is 1.82. The number of thiophene rings is 1. The van der Waals surface area contributed by atoms with Gasteiger partial charge in [-0.05, 0) is 33.8 Å². The Morgan fingerprint density at radius 2 is 2.43 bits per heavy atom. The fraction of sp³-hybridized carbons (Fsp3) is 0.600. The Balaban J connectivity index is 2.27. The van der Waals surface area contributed by atoms with Crippen LogP contribution in [0.3, 0.4) is 0 Å². The Bertz CT molecular complexity index is 264. The topological polar surface area (TPSA) is 35.2 Å². The van der Waals surface area contributed by atoms with E-state index in [9.17, 15) is 0 Å². The SMILES string of the molecule is CCCOCC(N)Cc1sccc1Br. The molecule has 1 heterocycles. The molecular formula is C10H16BrNOS. The maximum atomic E-state index is 5.94. The molecule has 14 heavy (non-hydrogen) atoms. The Morgan fingerprint density at radius 3 is 3.00 bits per heavy atom. The van der Waals surface area contributed by atoms with E-state index in [1.54, 1.807) is 11.3 Å². The van der Waals surface area contributed by atoms with Crippen LogP contribution in [0.1, 0.15) is 18.2 Å². The van der Waals surface area contributed by atoms with Gasteiger partial charge in [-0.2, -0.15) is 0 Å². The third kappa shape index (κ3) is 4.09. The summed E-state index contributed by atoms with van der Waals surface area (Å²) < 4.78 is 6.56. The molecule has 0 radical (unpaired) electrons. The summed E-state index contributed by atoms with van der Waals surface area (Å²) >= 11 is 5.23.